The fourth-order valence-corrected chi connectivity index (χ4v) is 3.66. The van der Waals surface area contributed by atoms with E-state index in [-0.39, 0.29) is 6.04 Å². The van der Waals surface area contributed by atoms with Crippen molar-refractivity contribution in [1.82, 2.24) is 29.8 Å². The molecular formula is C19H24N6O. The van der Waals surface area contributed by atoms with E-state index < -0.39 is 0 Å². The van der Waals surface area contributed by atoms with Crippen molar-refractivity contribution < 1.29 is 4.52 Å². The lowest BCUT2D eigenvalue weighted by molar-refractivity contribution is 0.147. The van der Waals surface area contributed by atoms with Gasteiger partial charge in [-0.15, -0.1) is 10.2 Å². The van der Waals surface area contributed by atoms with Gasteiger partial charge in [0.1, 0.15) is 12.2 Å². The van der Waals surface area contributed by atoms with Gasteiger partial charge in [0.15, 0.2) is 5.82 Å². The second-order valence-corrected chi connectivity index (χ2v) is 6.81. The van der Waals surface area contributed by atoms with Gasteiger partial charge in [0.05, 0.1) is 6.04 Å². The molecule has 0 aliphatic carbocycles. The molecule has 2 aromatic heterocycles. The van der Waals surface area contributed by atoms with E-state index in [1.165, 1.54) is 0 Å². The third-order valence-corrected chi connectivity index (χ3v) is 5.19. The third kappa shape index (κ3) is 3.26. The van der Waals surface area contributed by atoms with Crippen LogP contribution in [-0.4, -0.2) is 42.9 Å². The van der Waals surface area contributed by atoms with E-state index in [0.717, 1.165) is 49.7 Å². The number of nitrogens with zero attached hydrogens (tertiary/aromatic N) is 6. The van der Waals surface area contributed by atoms with Crippen molar-refractivity contribution in [2.45, 2.75) is 45.2 Å². The van der Waals surface area contributed by atoms with Crippen LogP contribution in [0.5, 0.6) is 0 Å². The van der Waals surface area contributed by atoms with Gasteiger partial charge in [-0.3, -0.25) is 4.90 Å². The van der Waals surface area contributed by atoms with Gasteiger partial charge in [-0.25, -0.2) is 0 Å². The molecule has 0 bridgehead atoms. The first-order valence-electron chi connectivity index (χ1n) is 9.27. The molecule has 4 rings (SSSR count). The average molecular weight is 352 g/mol. The topological polar surface area (TPSA) is 72.9 Å². The Balaban J connectivity index is 1.49. The van der Waals surface area contributed by atoms with Crippen molar-refractivity contribution in [3.05, 3.63) is 48.3 Å². The Morgan fingerprint density at radius 1 is 1.27 bits per heavy atom. The maximum Gasteiger partial charge on any atom is 0.257 e. The number of hydrogen-bond acceptors (Lipinski definition) is 6. The molecule has 1 aliphatic heterocycles. The van der Waals surface area contributed by atoms with E-state index in [1.54, 1.807) is 0 Å². The second kappa shape index (κ2) is 7.37. The standard InChI is InChI=1S/C19H24N6O/c1-3-24-13-20-22-18(24)16-10-7-11-25(12-16)14(2)17-21-19(26-23-17)15-8-5-4-6-9-15/h4-6,8-9,13-14,16H,3,7,10-12H2,1-2H3/t14-,16-/m1/s1. The first kappa shape index (κ1) is 16.9. The molecule has 1 aliphatic rings. The summed E-state index contributed by atoms with van der Waals surface area (Å²) >= 11 is 0. The van der Waals surface area contributed by atoms with Crippen LogP contribution in [0.4, 0.5) is 0 Å². The molecule has 0 saturated carbocycles. The quantitative estimate of drug-likeness (QED) is 0.701. The summed E-state index contributed by atoms with van der Waals surface area (Å²) in [6.07, 6.45) is 4.10. The predicted molar refractivity (Wildman–Crippen MR) is 97.4 cm³/mol. The monoisotopic (exact) mass is 352 g/mol. The summed E-state index contributed by atoms with van der Waals surface area (Å²) in [5, 5.41) is 12.7. The summed E-state index contributed by atoms with van der Waals surface area (Å²) < 4.78 is 7.62. The van der Waals surface area contributed by atoms with Crippen LogP contribution in [0.2, 0.25) is 0 Å². The number of aryl methyl sites for hydroxylation is 1. The molecule has 1 saturated heterocycles. The van der Waals surface area contributed by atoms with Crippen LogP contribution in [-0.2, 0) is 6.54 Å². The van der Waals surface area contributed by atoms with Crippen LogP contribution in [0, 0.1) is 0 Å². The van der Waals surface area contributed by atoms with E-state index >= 15 is 0 Å². The van der Waals surface area contributed by atoms with Crippen LogP contribution in [0.15, 0.2) is 41.2 Å². The molecule has 3 heterocycles. The fourth-order valence-electron chi connectivity index (χ4n) is 3.66. The minimum atomic E-state index is 0.108. The second-order valence-electron chi connectivity index (χ2n) is 6.81. The van der Waals surface area contributed by atoms with Crippen molar-refractivity contribution >= 4 is 0 Å². The first-order valence-corrected chi connectivity index (χ1v) is 9.27. The predicted octanol–water partition coefficient (Wildman–Crippen LogP) is 3.29. The SMILES string of the molecule is CCn1cnnc1[C@@H]1CCCN([C@H](C)c2noc(-c3ccccc3)n2)C1. The highest BCUT2D eigenvalue weighted by atomic mass is 16.5. The lowest BCUT2D eigenvalue weighted by Crippen LogP contribution is -2.37. The summed E-state index contributed by atoms with van der Waals surface area (Å²) in [6, 6.07) is 10.00. The maximum absolute atomic E-state index is 5.48. The Labute approximate surface area is 153 Å². The molecule has 0 unspecified atom stereocenters. The average Bonchev–Trinajstić information content (AvgIpc) is 3.37. The zero-order valence-electron chi connectivity index (χ0n) is 15.2. The minimum Gasteiger partial charge on any atom is -0.334 e. The van der Waals surface area contributed by atoms with Gasteiger partial charge in [0.2, 0.25) is 0 Å². The maximum atomic E-state index is 5.48. The molecule has 2 atom stereocenters. The van der Waals surface area contributed by atoms with Crippen molar-refractivity contribution in [1.29, 1.82) is 0 Å². The Morgan fingerprint density at radius 3 is 2.92 bits per heavy atom. The molecule has 7 heteroatoms. The van der Waals surface area contributed by atoms with Gasteiger partial charge in [-0.1, -0.05) is 23.4 Å². The summed E-state index contributed by atoms with van der Waals surface area (Å²) in [5.74, 6) is 2.80. The summed E-state index contributed by atoms with van der Waals surface area (Å²) in [7, 11) is 0. The van der Waals surface area contributed by atoms with Crippen LogP contribution in [0.3, 0.4) is 0 Å². The number of piperidine rings is 1. The fraction of sp³-hybridized carbons (Fsp3) is 0.474. The Bertz CT molecular complexity index is 843. The van der Waals surface area contributed by atoms with Crippen LogP contribution >= 0.6 is 0 Å². The lowest BCUT2D eigenvalue weighted by Gasteiger charge is -2.35. The molecule has 3 aromatic rings. The smallest absolute Gasteiger partial charge is 0.257 e. The van der Waals surface area contributed by atoms with Gasteiger partial charge in [-0.05, 0) is 45.4 Å². The highest BCUT2D eigenvalue weighted by Gasteiger charge is 2.30. The van der Waals surface area contributed by atoms with Crippen LogP contribution in [0.1, 0.15) is 50.3 Å². The Hall–Kier alpha value is -2.54. The van der Waals surface area contributed by atoms with E-state index in [0.29, 0.717) is 11.8 Å². The number of aromatic nitrogens is 5. The zero-order valence-corrected chi connectivity index (χ0v) is 15.2. The molecule has 26 heavy (non-hydrogen) atoms. The largest absolute Gasteiger partial charge is 0.334 e. The first-order chi connectivity index (χ1) is 12.8. The molecule has 1 fully saturated rings. The number of benzene rings is 1. The van der Waals surface area contributed by atoms with Gasteiger partial charge in [0, 0.05) is 24.6 Å². The summed E-state index contributed by atoms with van der Waals surface area (Å²) in [4.78, 5) is 7.04. The van der Waals surface area contributed by atoms with Crippen LogP contribution in [0.25, 0.3) is 11.5 Å². The van der Waals surface area contributed by atoms with Gasteiger partial charge in [-0.2, -0.15) is 4.98 Å². The normalized spacial score (nSPS) is 19.5. The molecule has 0 radical (unpaired) electrons. The lowest BCUT2D eigenvalue weighted by atomic mass is 9.96. The van der Waals surface area contributed by atoms with E-state index in [2.05, 4.69) is 43.7 Å². The van der Waals surface area contributed by atoms with Gasteiger partial charge < -0.3 is 9.09 Å². The number of likely N-dealkylation sites (tertiary alicyclic amines) is 1. The third-order valence-electron chi connectivity index (χ3n) is 5.19. The number of rotatable bonds is 5. The van der Waals surface area contributed by atoms with Crippen molar-refractivity contribution in [3.63, 3.8) is 0 Å². The molecule has 0 amide bonds. The van der Waals surface area contributed by atoms with Crippen molar-refractivity contribution in [2.75, 3.05) is 13.1 Å². The Morgan fingerprint density at radius 2 is 2.12 bits per heavy atom. The van der Waals surface area contributed by atoms with E-state index in [4.69, 9.17) is 4.52 Å². The highest BCUT2D eigenvalue weighted by molar-refractivity contribution is 5.52. The minimum absolute atomic E-state index is 0.108. The van der Waals surface area contributed by atoms with E-state index in [9.17, 15) is 0 Å². The molecule has 7 nitrogen and oxygen atoms in total. The van der Waals surface area contributed by atoms with Crippen molar-refractivity contribution in [2.24, 2.45) is 0 Å². The van der Waals surface area contributed by atoms with Crippen LogP contribution < -0.4 is 0 Å². The molecule has 136 valence electrons. The molecule has 0 spiro atoms. The molecular weight excluding hydrogens is 328 g/mol. The van der Waals surface area contributed by atoms with E-state index in [1.807, 2.05) is 36.7 Å². The summed E-state index contributed by atoms with van der Waals surface area (Å²) in [5.41, 5.74) is 0.950. The summed E-state index contributed by atoms with van der Waals surface area (Å²) in [6.45, 7) is 7.15. The van der Waals surface area contributed by atoms with Gasteiger partial charge in [0.25, 0.3) is 5.89 Å². The van der Waals surface area contributed by atoms with Gasteiger partial charge >= 0.3 is 0 Å². The molecule has 1 aromatic carbocycles. The highest BCUT2D eigenvalue weighted by Crippen LogP contribution is 2.31. The zero-order chi connectivity index (χ0) is 17.9. The Kier molecular flexibility index (Phi) is 4.79. The molecule has 0 N–H and O–H groups in total. The van der Waals surface area contributed by atoms with Crippen molar-refractivity contribution in [3.8, 4) is 11.5 Å². The number of hydrogen-bond donors (Lipinski definition) is 0.